The molecule has 0 radical (unpaired) electrons. The Morgan fingerprint density at radius 2 is 2.05 bits per heavy atom. The summed E-state index contributed by atoms with van der Waals surface area (Å²) in [6, 6.07) is 5.91. The second kappa shape index (κ2) is 6.67. The molecule has 0 bridgehead atoms. The smallest absolute Gasteiger partial charge is 0.166 e. The maximum atomic E-state index is 9.98. The predicted molar refractivity (Wildman–Crippen MR) is 83.9 cm³/mol. The van der Waals surface area contributed by atoms with Crippen molar-refractivity contribution in [2.45, 2.75) is 64.3 Å². The van der Waals surface area contributed by atoms with E-state index in [0.717, 1.165) is 36.3 Å². The third-order valence-electron chi connectivity index (χ3n) is 3.78. The first-order chi connectivity index (χ1) is 9.90. The highest BCUT2D eigenvalue weighted by Crippen LogP contribution is 2.35. The molecule has 21 heavy (non-hydrogen) atoms. The maximum absolute atomic E-state index is 9.98. The van der Waals surface area contributed by atoms with Crippen molar-refractivity contribution >= 4 is 0 Å². The third-order valence-corrected chi connectivity index (χ3v) is 3.78. The highest BCUT2D eigenvalue weighted by molar-refractivity contribution is 5.47. The summed E-state index contributed by atoms with van der Waals surface area (Å²) in [5.74, 6) is 1.48. The van der Waals surface area contributed by atoms with Gasteiger partial charge >= 0.3 is 0 Å². The van der Waals surface area contributed by atoms with Gasteiger partial charge in [0.15, 0.2) is 11.5 Å². The van der Waals surface area contributed by atoms with Crippen LogP contribution in [0.3, 0.4) is 0 Å². The van der Waals surface area contributed by atoms with Crippen LogP contribution >= 0.6 is 0 Å². The van der Waals surface area contributed by atoms with Crippen LogP contribution in [0.5, 0.6) is 11.5 Å². The van der Waals surface area contributed by atoms with Gasteiger partial charge in [-0.05, 0) is 46.1 Å². The number of benzene rings is 1. The molecule has 0 amide bonds. The quantitative estimate of drug-likeness (QED) is 0.876. The number of nitrogens with one attached hydrogen (secondary N) is 1. The normalized spacial score (nSPS) is 22.3. The molecule has 1 aliphatic carbocycles. The minimum Gasteiger partial charge on any atom is -0.493 e. The van der Waals surface area contributed by atoms with Crippen molar-refractivity contribution in [1.29, 1.82) is 0 Å². The number of aliphatic hydroxyl groups is 1. The van der Waals surface area contributed by atoms with Crippen LogP contribution in [0.2, 0.25) is 0 Å². The average Bonchev–Trinajstić information content (AvgIpc) is 2.82. The van der Waals surface area contributed by atoms with E-state index in [1.165, 1.54) is 0 Å². The van der Waals surface area contributed by atoms with E-state index in [2.05, 4.69) is 26.1 Å². The van der Waals surface area contributed by atoms with E-state index < -0.39 is 0 Å². The number of aliphatic hydroxyl groups excluding tert-OH is 1. The molecule has 2 atom stereocenters. The van der Waals surface area contributed by atoms with Crippen molar-refractivity contribution < 1.29 is 14.6 Å². The first kappa shape index (κ1) is 16.1. The zero-order valence-electron chi connectivity index (χ0n) is 13.5. The SMILES string of the molecule is COc1cccc(CNC(C)(C)C)c1OC1CCCC1O. The molecule has 0 aliphatic heterocycles. The number of methoxy groups -OCH3 is 1. The van der Waals surface area contributed by atoms with Gasteiger partial charge in [0.25, 0.3) is 0 Å². The molecular weight excluding hydrogens is 266 g/mol. The van der Waals surface area contributed by atoms with Crippen LogP contribution in [0.25, 0.3) is 0 Å². The highest BCUT2D eigenvalue weighted by Gasteiger charge is 2.28. The summed E-state index contributed by atoms with van der Waals surface area (Å²) in [4.78, 5) is 0. The highest BCUT2D eigenvalue weighted by atomic mass is 16.5. The Labute approximate surface area is 127 Å². The zero-order chi connectivity index (χ0) is 15.5. The molecule has 1 aliphatic rings. The first-order valence-electron chi connectivity index (χ1n) is 7.66. The first-order valence-corrected chi connectivity index (χ1v) is 7.66. The van der Waals surface area contributed by atoms with Crippen LogP contribution < -0.4 is 14.8 Å². The van der Waals surface area contributed by atoms with Crippen molar-refractivity contribution in [2.24, 2.45) is 0 Å². The Morgan fingerprint density at radius 1 is 1.29 bits per heavy atom. The molecule has 1 aromatic carbocycles. The van der Waals surface area contributed by atoms with Gasteiger partial charge < -0.3 is 19.9 Å². The van der Waals surface area contributed by atoms with Crippen molar-refractivity contribution in [2.75, 3.05) is 7.11 Å². The summed E-state index contributed by atoms with van der Waals surface area (Å²) in [5.41, 5.74) is 1.09. The molecule has 0 saturated heterocycles. The van der Waals surface area contributed by atoms with E-state index in [1.54, 1.807) is 7.11 Å². The van der Waals surface area contributed by atoms with E-state index in [0.29, 0.717) is 6.54 Å². The summed E-state index contributed by atoms with van der Waals surface area (Å²) in [6.07, 6.45) is 2.21. The van der Waals surface area contributed by atoms with Crippen LogP contribution in [0.1, 0.15) is 45.6 Å². The summed E-state index contributed by atoms with van der Waals surface area (Å²) in [5, 5.41) is 13.5. The standard InChI is InChI=1S/C17H27NO3/c1-17(2,3)18-11-12-7-5-10-15(20-4)16(12)21-14-9-6-8-13(14)19/h5,7,10,13-14,18-19H,6,8-9,11H2,1-4H3. The van der Waals surface area contributed by atoms with Gasteiger partial charge in [-0.1, -0.05) is 12.1 Å². The summed E-state index contributed by atoms with van der Waals surface area (Å²) in [6.45, 7) is 7.11. The number of ether oxygens (including phenoxy) is 2. The lowest BCUT2D eigenvalue weighted by molar-refractivity contribution is 0.0578. The molecule has 0 heterocycles. The Hall–Kier alpha value is -1.26. The van der Waals surface area contributed by atoms with Crippen LogP contribution in [-0.2, 0) is 6.54 Å². The van der Waals surface area contributed by atoms with Gasteiger partial charge in [0, 0.05) is 17.6 Å². The van der Waals surface area contributed by atoms with Crippen LogP contribution in [-0.4, -0.2) is 30.0 Å². The van der Waals surface area contributed by atoms with Crippen LogP contribution in [0.4, 0.5) is 0 Å². The monoisotopic (exact) mass is 293 g/mol. The molecular formula is C17H27NO3. The minimum atomic E-state index is -0.377. The van der Waals surface area contributed by atoms with E-state index in [9.17, 15) is 5.11 Å². The zero-order valence-corrected chi connectivity index (χ0v) is 13.5. The minimum absolute atomic E-state index is 0.0349. The van der Waals surface area contributed by atoms with Crippen molar-refractivity contribution in [3.05, 3.63) is 23.8 Å². The number of para-hydroxylation sites is 1. The molecule has 2 unspecified atom stereocenters. The Morgan fingerprint density at radius 3 is 2.62 bits per heavy atom. The Kier molecular flexibility index (Phi) is 5.12. The molecule has 0 aromatic heterocycles. The van der Waals surface area contributed by atoms with Crippen LogP contribution in [0, 0.1) is 0 Å². The van der Waals surface area contributed by atoms with Gasteiger partial charge in [-0.2, -0.15) is 0 Å². The van der Waals surface area contributed by atoms with E-state index in [4.69, 9.17) is 9.47 Å². The van der Waals surface area contributed by atoms with Crippen LogP contribution in [0.15, 0.2) is 18.2 Å². The Bertz CT molecular complexity index is 468. The molecule has 1 fully saturated rings. The lowest BCUT2D eigenvalue weighted by Gasteiger charge is -2.24. The molecule has 0 spiro atoms. The maximum Gasteiger partial charge on any atom is 0.166 e. The fourth-order valence-electron chi connectivity index (χ4n) is 2.55. The average molecular weight is 293 g/mol. The van der Waals surface area contributed by atoms with E-state index >= 15 is 0 Å². The number of rotatable bonds is 5. The number of hydrogen-bond acceptors (Lipinski definition) is 4. The second-order valence-corrected chi connectivity index (χ2v) is 6.71. The fourth-order valence-corrected chi connectivity index (χ4v) is 2.55. The molecule has 4 heteroatoms. The predicted octanol–water partition coefficient (Wildman–Crippen LogP) is 2.88. The second-order valence-electron chi connectivity index (χ2n) is 6.71. The molecule has 118 valence electrons. The fraction of sp³-hybridized carbons (Fsp3) is 0.647. The molecule has 2 rings (SSSR count). The van der Waals surface area contributed by atoms with Gasteiger partial charge in [0.1, 0.15) is 6.10 Å². The van der Waals surface area contributed by atoms with Crippen molar-refractivity contribution in [3.8, 4) is 11.5 Å². The summed E-state index contributed by atoms with van der Waals surface area (Å²) >= 11 is 0. The van der Waals surface area contributed by atoms with E-state index in [-0.39, 0.29) is 17.7 Å². The lowest BCUT2D eigenvalue weighted by atomic mass is 10.1. The lowest BCUT2D eigenvalue weighted by Crippen LogP contribution is -2.35. The molecule has 4 nitrogen and oxygen atoms in total. The topological polar surface area (TPSA) is 50.7 Å². The van der Waals surface area contributed by atoms with Crippen molar-refractivity contribution in [1.82, 2.24) is 5.32 Å². The van der Waals surface area contributed by atoms with Crippen molar-refractivity contribution in [3.63, 3.8) is 0 Å². The van der Waals surface area contributed by atoms with Gasteiger partial charge in [-0.25, -0.2) is 0 Å². The van der Waals surface area contributed by atoms with Gasteiger partial charge in [0.05, 0.1) is 13.2 Å². The largest absolute Gasteiger partial charge is 0.493 e. The van der Waals surface area contributed by atoms with Gasteiger partial charge in [-0.15, -0.1) is 0 Å². The molecule has 1 saturated carbocycles. The number of hydrogen-bond donors (Lipinski definition) is 2. The van der Waals surface area contributed by atoms with E-state index in [1.807, 2.05) is 18.2 Å². The molecule has 2 N–H and O–H groups in total. The Balaban J connectivity index is 2.19. The van der Waals surface area contributed by atoms with Gasteiger partial charge in [-0.3, -0.25) is 0 Å². The summed E-state index contributed by atoms with van der Waals surface area (Å²) < 4.78 is 11.5. The van der Waals surface area contributed by atoms with Gasteiger partial charge in [0.2, 0.25) is 0 Å². The summed E-state index contributed by atoms with van der Waals surface area (Å²) in [7, 11) is 1.65. The molecule has 1 aromatic rings. The third kappa shape index (κ3) is 4.35.